The van der Waals surface area contributed by atoms with Crippen molar-refractivity contribution in [2.45, 2.75) is 84.0 Å². The fraction of sp³-hybridized carbons (Fsp3) is 0.487. The number of allylic oxidation sites excluding steroid dienone is 1. The number of benzene rings is 1. The highest BCUT2D eigenvalue weighted by Crippen LogP contribution is 2.33. The predicted octanol–water partition coefficient (Wildman–Crippen LogP) is 2.66. The maximum Gasteiger partial charge on any atom is 0.407 e. The van der Waals surface area contributed by atoms with E-state index in [0.717, 1.165) is 12.8 Å². The second-order valence-electron chi connectivity index (χ2n) is 14.9. The number of fused-ring (bicyclic) bond motifs is 1. The second kappa shape index (κ2) is 16.9. The number of ketones is 2. The zero-order valence-electron chi connectivity index (χ0n) is 32.1. The number of aliphatic hydroxyl groups is 1. The van der Waals surface area contributed by atoms with Gasteiger partial charge in [-0.1, -0.05) is 27.7 Å². The zero-order chi connectivity index (χ0) is 40.3. The van der Waals surface area contributed by atoms with E-state index in [2.05, 4.69) is 30.6 Å². The van der Waals surface area contributed by atoms with Crippen molar-refractivity contribution in [2.24, 2.45) is 16.8 Å². The SMILES string of the molecule is COC(=O)NC(C(=O)N1CCCC1c1nc2ccc(C(=O)c3cnc(C(=O)C4=CN=C(C5CCCN5C(=O)C(NC(=O)CO)C(C)C)C4)nc3)cc2[nH]1)C(C)C. The summed E-state index contributed by atoms with van der Waals surface area (Å²) in [6, 6.07) is 2.79. The summed E-state index contributed by atoms with van der Waals surface area (Å²) < 4.78 is 4.72. The maximum absolute atomic E-state index is 13.6. The Balaban J connectivity index is 1.10. The molecule has 0 bridgehead atoms. The number of H-pyrrole nitrogens is 1. The van der Waals surface area contributed by atoms with Crippen LogP contribution in [-0.2, 0) is 19.1 Å². The van der Waals surface area contributed by atoms with Crippen LogP contribution in [0.2, 0.25) is 0 Å². The van der Waals surface area contributed by atoms with E-state index >= 15 is 0 Å². The van der Waals surface area contributed by atoms with Gasteiger partial charge in [0.1, 0.15) is 24.5 Å². The molecular weight excluding hydrogens is 722 g/mol. The monoisotopic (exact) mass is 769 g/mol. The van der Waals surface area contributed by atoms with E-state index in [-0.39, 0.29) is 59.3 Å². The molecule has 0 aliphatic carbocycles. The average Bonchev–Trinajstić information content (AvgIpc) is 4.03. The summed E-state index contributed by atoms with van der Waals surface area (Å²) in [6.45, 7) is 7.61. The fourth-order valence-corrected chi connectivity index (χ4v) is 7.47. The van der Waals surface area contributed by atoms with Crippen molar-refractivity contribution in [3.05, 3.63) is 65.1 Å². The van der Waals surface area contributed by atoms with Gasteiger partial charge < -0.3 is 35.3 Å². The molecule has 17 nitrogen and oxygen atoms in total. The molecule has 0 saturated carbocycles. The van der Waals surface area contributed by atoms with Crippen LogP contribution in [0.25, 0.3) is 11.0 Å². The third-order valence-electron chi connectivity index (χ3n) is 10.5. The van der Waals surface area contributed by atoms with Gasteiger partial charge in [0.25, 0.3) is 0 Å². The van der Waals surface area contributed by atoms with Gasteiger partial charge >= 0.3 is 6.09 Å². The van der Waals surface area contributed by atoms with Crippen molar-refractivity contribution in [1.29, 1.82) is 0 Å². The number of imidazole rings is 1. The van der Waals surface area contributed by atoms with Gasteiger partial charge in [0.15, 0.2) is 5.78 Å². The van der Waals surface area contributed by atoms with Crippen LogP contribution in [0, 0.1) is 11.8 Å². The van der Waals surface area contributed by atoms with Crippen LogP contribution in [0.1, 0.15) is 98.2 Å². The summed E-state index contributed by atoms with van der Waals surface area (Å²) in [6.07, 6.45) is 6.44. The van der Waals surface area contributed by atoms with Crippen molar-refractivity contribution in [3.63, 3.8) is 0 Å². The number of hydrogen-bond acceptors (Lipinski definition) is 12. The van der Waals surface area contributed by atoms with Crippen molar-refractivity contribution < 1.29 is 38.6 Å². The molecule has 4 amide bonds. The lowest BCUT2D eigenvalue weighted by Crippen LogP contribution is -2.54. The number of aliphatic imine (C=N–C) groups is 1. The predicted molar refractivity (Wildman–Crippen MR) is 202 cm³/mol. The fourth-order valence-electron chi connectivity index (χ4n) is 7.47. The molecule has 6 rings (SSSR count). The molecule has 2 fully saturated rings. The molecule has 4 N–H and O–H groups in total. The number of methoxy groups -OCH3 is 1. The van der Waals surface area contributed by atoms with E-state index in [9.17, 15) is 33.9 Å². The Morgan fingerprint density at radius 3 is 2.12 bits per heavy atom. The van der Waals surface area contributed by atoms with Gasteiger partial charge in [-0.05, 0) is 55.7 Å². The summed E-state index contributed by atoms with van der Waals surface area (Å²) >= 11 is 0. The van der Waals surface area contributed by atoms with Gasteiger partial charge in [-0.2, -0.15) is 0 Å². The Hall–Kier alpha value is -5.84. The Morgan fingerprint density at radius 2 is 1.50 bits per heavy atom. The lowest BCUT2D eigenvalue weighted by molar-refractivity contribution is -0.138. The lowest BCUT2D eigenvalue weighted by Gasteiger charge is -2.31. The first-order chi connectivity index (χ1) is 26.8. The van der Waals surface area contributed by atoms with Crippen molar-refractivity contribution in [2.75, 3.05) is 26.8 Å². The molecule has 3 aliphatic rings. The number of hydrogen-bond donors (Lipinski definition) is 4. The van der Waals surface area contributed by atoms with Crippen molar-refractivity contribution in [1.82, 2.24) is 40.4 Å². The molecule has 5 heterocycles. The Bertz CT molecular complexity index is 2090. The largest absolute Gasteiger partial charge is 0.453 e. The number of carbonyl (C=O) groups is 6. The minimum Gasteiger partial charge on any atom is -0.453 e. The molecular formula is C39H47N9O8. The molecule has 2 aromatic heterocycles. The third kappa shape index (κ3) is 8.22. The molecule has 56 heavy (non-hydrogen) atoms. The van der Waals surface area contributed by atoms with Gasteiger partial charge in [-0.15, -0.1) is 0 Å². The molecule has 0 radical (unpaired) electrons. The highest BCUT2D eigenvalue weighted by Gasteiger charge is 2.40. The second-order valence-corrected chi connectivity index (χ2v) is 14.9. The number of aliphatic hydroxyl groups excluding tert-OH is 1. The number of Topliss-reactive ketones (excluding diaryl/α,β-unsaturated/α-hetero) is 1. The lowest BCUT2D eigenvalue weighted by atomic mass is 9.98. The molecule has 3 aromatic rings. The summed E-state index contributed by atoms with van der Waals surface area (Å²) in [7, 11) is 1.25. The standard InChI is InChI=1S/C39H47N9O8/c1-20(2)31(45-30(50)19-49)37(53)47-12-6-8-28(47)27-15-23(16-40-27)34(52)36-41-17-24(18-42-36)33(51)22-10-11-25-26(14-22)44-35(43-25)29-9-7-13-48(29)38(54)32(21(3)4)46-39(55)56-5/h10-11,14,16-18,20-21,28-29,31-32,49H,6-9,12-13,15,19H2,1-5H3,(H,43,44)(H,45,50)(H,46,55). The number of aromatic nitrogens is 4. The highest BCUT2D eigenvalue weighted by atomic mass is 16.5. The number of likely N-dealkylation sites (tertiary alicyclic amines) is 2. The molecule has 0 spiro atoms. The van der Waals surface area contributed by atoms with E-state index in [1.54, 1.807) is 28.0 Å². The van der Waals surface area contributed by atoms with E-state index in [4.69, 9.17) is 9.72 Å². The summed E-state index contributed by atoms with van der Waals surface area (Å²) in [5.74, 6) is -1.81. The van der Waals surface area contributed by atoms with Crippen LogP contribution >= 0.6 is 0 Å². The Kier molecular flexibility index (Phi) is 12.0. The average molecular weight is 770 g/mol. The minimum atomic E-state index is -0.804. The van der Waals surface area contributed by atoms with Crippen molar-refractivity contribution >= 4 is 52.1 Å². The number of nitrogens with zero attached hydrogens (tertiary/aromatic N) is 6. The first-order valence-corrected chi connectivity index (χ1v) is 18.8. The number of rotatable bonds is 13. The van der Waals surface area contributed by atoms with Gasteiger partial charge in [-0.3, -0.25) is 29.0 Å². The molecule has 17 heteroatoms. The zero-order valence-corrected chi connectivity index (χ0v) is 32.1. The molecule has 1 aromatic carbocycles. The molecule has 2 saturated heterocycles. The van der Waals surface area contributed by atoms with Crippen LogP contribution in [0.3, 0.4) is 0 Å². The quantitative estimate of drug-likeness (QED) is 0.185. The van der Waals surface area contributed by atoms with E-state index in [1.165, 1.54) is 25.7 Å². The van der Waals surface area contributed by atoms with Crippen LogP contribution in [-0.4, -0.2) is 121 Å². The van der Waals surface area contributed by atoms with Gasteiger partial charge in [0.05, 0.1) is 35.8 Å². The van der Waals surface area contributed by atoms with E-state index in [0.29, 0.717) is 59.6 Å². The number of carbonyl (C=O) groups excluding carboxylic acids is 6. The van der Waals surface area contributed by atoms with Gasteiger partial charge in [0.2, 0.25) is 29.3 Å². The van der Waals surface area contributed by atoms with Crippen LogP contribution in [0.5, 0.6) is 0 Å². The minimum absolute atomic E-state index is 0.0963. The smallest absolute Gasteiger partial charge is 0.407 e. The number of amides is 4. The number of alkyl carbamates (subject to hydrolysis) is 1. The Morgan fingerprint density at radius 1 is 0.875 bits per heavy atom. The summed E-state index contributed by atoms with van der Waals surface area (Å²) in [4.78, 5) is 102. The van der Waals surface area contributed by atoms with Crippen molar-refractivity contribution in [3.8, 4) is 0 Å². The highest BCUT2D eigenvalue weighted by molar-refractivity contribution is 6.13. The van der Waals surface area contributed by atoms with Crippen LogP contribution < -0.4 is 10.6 Å². The maximum atomic E-state index is 13.6. The van der Waals surface area contributed by atoms with Crippen LogP contribution in [0.15, 0.2) is 47.4 Å². The first kappa shape index (κ1) is 39.8. The van der Waals surface area contributed by atoms with E-state index < -0.39 is 36.5 Å². The first-order valence-electron chi connectivity index (χ1n) is 18.8. The van der Waals surface area contributed by atoms with E-state index in [1.807, 2.05) is 27.7 Å². The molecule has 296 valence electrons. The summed E-state index contributed by atoms with van der Waals surface area (Å²) in [5.41, 5.74) is 2.76. The van der Waals surface area contributed by atoms with Gasteiger partial charge in [-0.25, -0.2) is 19.7 Å². The number of aromatic amines is 1. The molecule has 4 unspecified atom stereocenters. The molecule has 4 atom stereocenters. The summed E-state index contributed by atoms with van der Waals surface area (Å²) in [5, 5.41) is 14.4. The normalized spacial score (nSPS) is 19.2. The third-order valence-corrected chi connectivity index (χ3v) is 10.5. The Labute approximate surface area is 323 Å². The van der Waals surface area contributed by atoms with Crippen LogP contribution in [0.4, 0.5) is 4.79 Å². The molecule has 3 aliphatic heterocycles. The topological polar surface area (TPSA) is 229 Å². The number of ether oxygens (including phenoxy) is 1. The van der Waals surface area contributed by atoms with Gasteiger partial charge in [0, 0.05) is 55.0 Å². The number of nitrogens with one attached hydrogen (secondary N) is 3.